The number of aryl methyl sites for hydroxylation is 1. The molecular formula is C14H16N2S. The van der Waals surface area contributed by atoms with E-state index in [0.29, 0.717) is 5.41 Å². The largest absolute Gasteiger partial charge is 0.315 e. The first-order chi connectivity index (χ1) is 8.28. The average molecular weight is 244 g/mol. The molecule has 0 atom stereocenters. The maximum absolute atomic E-state index is 4.17. The molecule has 17 heavy (non-hydrogen) atoms. The van der Waals surface area contributed by atoms with Crippen LogP contribution < -0.4 is 5.32 Å². The highest BCUT2D eigenvalue weighted by atomic mass is 32.1. The van der Waals surface area contributed by atoms with Crippen LogP contribution in [-0.2, 0) is 11.8 Å². The molecule has 1 aliphatic rings. The van der Waals surface area contributed by atoms with Crippen LogP contribution in [0.25, 0.3) is 0 Å². The zero-order valence-corrected chi connectivity index (χ0v) is 10.8. The fraction of sp³-hybridized carbons (Fsp3) is 0.357. The maximum Gasteiger partial charge on any atom is 0.0794 e. The lowest BCUT2D eigenvalue weighted by Crippen LogP contribution is -2.58. The van der Waals surface area contributed by atoms with Gasteiger partial charge >= 0.3 is 0 Å². The van der Waals surface area contributed by atoms with Crippen molar-refractivity contribution in [1.82, 2.24) is 10.3 Å². The number of nitrogens with zero attached hydrogens (tertiary/aromatic N) is 1. The van der Waals surface area contributed by atoms with E-state index in [1.54, 1.807) is 11.3 Å². The number of nitrogens with one attached hydrogen (secondary N) is 1. The van der Waals surface area contributed by atoms with Crippen molar-refractivity contribution in [1.29, 1.82) is 0 Å². The van der Waals surface area contributed by atoms with E-state index in [9.17, 15) is 0 Å². The Morgan fingerprint density at radius 3 is 2.88 bits per heavy atom. The van der Waals surface area contributed by atoms with Crippen LogP contribution in [0.4, 0.5) is 0 Å². The molecule has 0 spiro atoms. The lowest BCUT2D eigenvalue weighted by molar-refractivity contribution is 0.276. The SMILES string of the molecule is Cc1cccc(C2(Cc3cncs3)CNC2)c1. The van der Waals surface area contributed by atoms with Gasteiger partial charge in [-0.1, -0.05) is 29.8 Å². The second-order valence-corrected chi connectivity index (χ2v) is 5.87. The van der Waals surface area contributed by atoms with E-state index in [2.05, 4.69) is 41.5 Å². The van der Waals surface area contributed by atoms with Crippen LogP contribution in [0.2, 0.25) is 0 Å². The molecule has 1 aliphatic heterocycles. The lowest BCUT2D eigenvalue weighted by atomic mass is 9.72. The van der Waals surface area contributed by atoms with Gasteiger partial charge in [0.1, 0.15) is 0 Å². The molecule has 0 unspecified atom stereocenters. The molecule has 3 heteroatoms. The number of benzene rings is 1. The highest BCUT2D eigenvalue weighted by molar-refractivity contribution is 7.09. The van der Waals surface area contributed by atoms with E-state index in [-0.39, 0.29) is 0 Å². The summed E-state index contributed by atoms with van der Waals surface area (Å²) in [7, 11) is 0. The van der Waals surface area contributed by atoms with Crippen molar-refractivity contribution in [3.8, 4) is 0 Å². The van der Waals surface area contributed by atoms with Crippen LogP contribution in [0, 0.1) is 6.92 Å². The minimum Gasteiger partial charge on any atom is -0.315 e. The number of hydrogen-bond acceptors (Lipinski definition) is 3. The summed E-state index contributed by atoms with van der Waals surface area (Å²) in [4.78, 5) is 5.56. The smallest absolute Gasteiger partial charge is 0.0794 e. The van der Waals surface area contributed by atoms with Gasteiger partial charge in [-0.2, -0.15) is 0 Å². The lowest BCUT2D eigenvalue weighted by Gasteiger charge is -2.43. The summed E-state index contributed by atoms with van der Waals surface area (Å²) in [5.41, 5.74) is 5.02. The molecule has 1 saturated heterocycles. The third kappa shape index (κ3) is 2.01. The van der Waals surface area contributed by atoms with Gasteiger partial charge in [-0.05, 0) is 18.9 Å². The van der Waals surface area contributed by atoms with Gasteiger partial charge in [0.15, 0.2) is 0 Å². The Labute approximate surface area is 106 Å². The Balaban J connectivity index is 1.92. The molecule has 88 valence electrons. The molecule has 1 fully saturated rings. The Kier molecular flexibility index (Phi) is 2.73. The topological polar surface area (TPSA) is 24.9 Å². The van der Waals surface area contributed by atoms with Crippen LogP contribution in [0.3, 0.4) is 0 Å². The molecule has 1 N–H and O–H groups in total. The summed E-state index contributed by atoms with van der Waals surface area (Å²) in [5.74, 6) is 0. The fourth-order valence-corrected chi connectivity index (χ4v) is 3.23. The van der Waals surface area contributed by atoms with Crippen molar-refractivity contribution in [3.63, 3.8) is 0 Å². The first-order valence-electron chi connectivity index (χ1n) is 5.94. The third-order valence-corrected chi connectivity index (χ3v) is 4.33. The number of aromatic nitrogens is 1. The first-order valence-corrected chi connectivity index (χ1v) is 6.82. The van der Waals surface area contributed by atoms with E-state index < -0.39 is 0 Å². The molecule has 0 bridgehead atoms. The third-order valence-electron chi connectivity index (χ3n) is 3.55. The monoisotopic (exact) mass is 244 g/mol. The van der Waals surface area contributed by atoms with Gasteiger partial charge < -0.3 is 5.32 Å². The van der Waals surface area contributed by atoms with E-state index in [4.69, 9.17) is 0 Å². The predicted molar refractivity (Wildman–Crippen MR) is 71.5 cm³/mol. The van der Waals surface area contributed by atoms with Gasteiger partial charge in [0, 0.05) is 29.6 Å². The van der Waals surface area contributed by atoms with E-state index in [0.717, 1.165) is 19.5 Å². The maximum atomic E-state index is 4.17. The summed E-state index contributed by atoms with van der Waals surface area (Å²) in [5, 5.41) is 3.42. The Morgan fingerprint density at radius 1 is 1.41 bits per heavy atom. The molecule has 0 radical (unpaired) electrons. The van der Waals surface area contributed by atoms with Crippen molar-refractivity contribution < 1.29 is 0 Å². The average Bonchev–Trinajstić information content (AvgIpc) is 2.76. The summed E-state index contributed by atoms with van der Waals surface area (Å²) >= 11 is 1.76. The highest BCUT2D eigenvalue weighted by Gasteiger charge is 2.38. The molecule has 1 aromatic heterocycles. The van der Waals surface area contributed by atoms with E-state index in [1.807, 2.05) is 11.7 Å². The summed E-state index contributed by atoms with van der Waals surface area (Å²) < 4.78 is 0. The molecule has 0 amide bonds. The van der Waals surface area contributed by atoms with E-state index >= 15 is 0 Å². The fourth-order valence-electron chi connectivity index (χ4n) is 2.50. The van der Waals surface area contributed by atoms with Gasteiger partial charge in [-0.25, -0.2) is 0 Å². The van der Waals surface area contributed by atoms with E-state index in [1.165, 1.54) is 16.0 Å². The summed E-state index contributed by atoms with van der Waals surface area (Å²) in [6, 6.07) is 8.91. The van der Waals surface area contributed by atoms with Gasteiger partial charge in [-0.15, -0.1) is 11.3 Å². The molecule has 1 aromatic carbocycles. The zero-order chi connectivity index (χ0) is 11.7. The molecular weight excluding hydrogens is 228 g/mol. The molecule has 2 heterocycles. The van der Waals surface area contributed by atoms with Crippen LogP contribution in [-0.4, -0.2) is 18.1 Å². The second kappa shape index (κ2) is 4.24. The Morgan fingerprint density at radius 2 is 2.29 bits per heavy atom. The summed E-state index contributed by atoms with van der Waals surface area (Å²) in [6.45, 7) is 4.32. The van der Waals surface area contributed by atoms with Crippen molar-refractivity contribution >= 4 is 11.3 Å². The van der Waals surface area contributed by atoms with Crippen molar-refractivity contribution in [2.24, 2.45) is 0 Å². The molecule has 2 nitrogen and oxygen atoms in total. The van der Waals surface area contributed by atoms with Crippen LogP contribution in [0.15, 0.2) is 36.0 Å². The Hall–Kier alpha value is -1.19. The van der Waals surface area contributed by atoms with Gasteiger partial charge in [0.05, 0.1) is 5.51 Å². The predicted octanol–water partition coefficient (Wildman–Crippen LogP) is 2.54. The zero-order valence-electron chi connectivity index (χ0n) is 9.94. The number of rotatable bonds is 3. The minimum atomic E-state index is 0.290. The molecule has 0 saturated carbocycles. The second-order valence-electron chi connectivity index (χ2n) is 4.90. The Bertz CT molecular complexity index is 501. The van der Waals surface area contributed by atoms with Crippen molar-refractivity contribution in [3.05, 3.63) is 52.0 Å². The minimum absolute atomic E-state index is 0.290. The molecule has 2 aromatic rings. The van der Waals surface area contributed by atoms with Crippen molar-refractivity contribution in [2.75, 3.05) is 13.1 Å². The standard InChI is InChI=1S/C14H16N2S/c1-11-3-2-4-12(5-11)14(8-16-9-14)6-13-7-15-10-17-13/h2-5,7,10,16H,6,8-9H2,1H3. The van der Waals surface area contributed by atoms with Gasteiger partial charge in [0.25, 0.3) is 0 Å². The normalized spacial score (nSPS) is 17.7. The number of hydrogen-bond donors (Lipinski definition) is 1. The molecule has 0 aliphatic carbocycles. The number of thiazole rings is 1. The van der Waals surface area contributed by atoms with Crippen LogP contribution in [0.5, 0.6) is 0 Å². The van der Waals surface area contributed by atoms with Crippen LogP contribution >= 0.6 is 11.3 Å². The quantitative estimate of drug-likeness (QED) is 0.897. The van der Waals surface area contributed by atoms with Gasteiger partial charge in [0.2, 0.25) is 0 Å². The van der Waals surface area contributed by atoms with Crippen molar-refractivity contribution in [2.45, 2.75) is 18.8 Å². The van der Waals surface area contributed by atoms with Crippen LogP contribution in [0.1, 0.15) is 16.0 Å². The van der Waals surface area contributed by atoms with Gasteiger partial charge in [-0.3, -0.25) is 4.98 Å². The highest BCUT2D eigenvalue weighted by Crippen LogP contribution is 2.33. The summed E-state index contributed by atoms with van der Waals surface area (Å²) in [6.07, 6.45) is 3.11. The first kappa shape index (κ1) is 10.9. The molecule has 3 rings (SSSR count).